The van der Waals surface area contributed by atoms with Crippen LogP contribution in [0.15, 0.2) is 41.3 Å². The third kappa shape index (κ3) is 2.89. The van der Waals surface area contributed by atoms with Crippen molar-refractivity contribution in [2.75, 3.05) is 0 Å². The van der Waals surface area contributed by atoms with Crippen molar-refractivity contribution >= 4 is 10.8 Å². The maximum Gasteiger partial charge on any atom is 0.258 e. The number of aryl methyl sites for hydroxylation is 1. The highest BCUT2D eigenvalue weighted by Gasteiger charge is 2.29. The molecule has 1 unspecified atom stereocenters. The molecule has 2 aromatic heterocycles. The predicted octanol–water partition coefficient (Wildman–Crippen LogP) is 2.97. The van der Waals surface area contributed by atoms with Gasteiger partial charge in [0.2, 0.25) is 5.88 Å². The number of aromatic nitrogens is 3. The van der Waals surface area contributed by atoms with Crippen molar-refractivity contribution in [3.05, 3.63) is 46.9 Å². The first-order chi connectivity index (χ1) is 12.5. The van der Waals surface area contributed by atoms with E-state index in [1.54, 1.807) is 37.5 Å². The number of halogens is 1. The Bertz CT molecular complexity index is 1020. The Morgan fingerprint density at radius 2 is 2.08 bits per heavy atom. The van der Waals surface area contributed by atoms with Gasteiger partial charge in [0.1, 0.15) is 18.0 Å². The Morgan fingerprint density at radius 3 is 2.77 bits per heavy atom. The van der Waals surface area contributed by atoms with Crippen LogP contribution in [0.4, 0.5) is 4.39 Å². The van der Waals surface area contributed by atoms with Crippen molar-refractivity contribution in [3.8, 4) is 22.9 Å². The quantitative estimate of drug-likeness (QED) is 0.782. The van der Waals surface area contributed by atoms with Crippen molar-refractivity contribution in [2.24, 2.45) is 7.05 Å². The lowest BCUT2D eigenvalue weighted by Crippen LogP contribution is -2.22. The maximum atomic E-state index is 13.7. The van der Waals surface area contributed by atoms with Gasteiger partial charge in [-0.2, -0.15) is 0 Å². The number of hydrogen-bond donors (Lipinski definition) is 1. The molecule has 3 aromatic rings. The number of benzene rings is 1. The first-order valence-corrected chi connectivity index (χ1v) is 8.50. The molecule has 0 amide bonds. The van der Waals surface area contributed by atoms with Gasteiger partial charge in [0.25, 0.3) is 5.56 Å². The third-order valence-electron chi connectivity index (χ3n) is 4.76. The van der Waals surface area contributed by atoms with Gasteiger partial charge in [-0.1, -0.05) is 0 Å². The molecule has 26 heavy (non-hydrogen) atoms. The summed E-state index contributed by atoms with van der Waals surface area (Å²) >= 11 is 0. The number of pyridine rings is 1. The largest absolute Gasteiger partial charge is 0.507 e. The van der Waals surface area contributed by atoms with Crippen LogP contribution in [0.25, 0.3) is 22.0 Å². The number of rotatable bonds is 3. The summed E-state index contributed by atoms with van der Waals surface area (Å²) in [4.78, 5) is 12.3. The zero-order chi connectivity index (χ0) is 18.3. The number of phenolic OH excluding ortho intramolecular Hbond substituents is 1. The normalized spacial score (nSPS) is 19.8. The molecule has 134 valence electrons. The molecule has 0 radical (unpaired) electrons. The van der Waals surface area contributed by atoms with Gasteiger partial charge in [0.05, 0.1) is 5.69 Å². The van der Waals surface area contributed by atoms with Crippen LogP contribution in [0.5, 0.6) is 11.6 Å². The zero-order valence-corrected chi connectivity index (χ0v) is 14.2. The lowest BCUT2D eigenvalue weighted by Gasteiger charge is -2.14. The van der Waals surface area contributed by atoms with Crippen LogP contribution in [0, 0.1) is 0 Å². The predicted molar refractivity (Wildman–Crippen MR) is 95.0 cm³/mol. The van der Waals surface area contributed by atoms with Crippen LogP contribution in [0.2, 0.25) is 0 Å². The zero-order valence-electron chi connectivity index (χ0n) is 14.2. The van der Waals surface area contributed by atoms with Gasteiger partial charge < -0.3 is 14.4 Å². The molecule has 1 aliphatic carbocycles. The molecule has 6 nitrogen and oxygen atoms in total. The molecule has 0 aliphatic heterocycles. The molecule has 1 aromatic carbocycles. The van der Waals surface area contributed by atoms with Crippen molar-refractivity contribution in [3.63, 3.8) is 0 Å². The standard InChI is InChI=1S/C19H18FN3O3/c1-23-8-7-11-9-16(24)13(10-12(11)19(23)25)15-5-6-18(22-21-15)26-17-4-2-3-14(17)20/h5-10,14,17,24H,2-4H2,1H3/t14?,17-/m0/s1. The van der Waals surface area contributed by atoms with Crippen molar-refractivity contribution in [2.45, 2.75) is 31.5 Å². The maximum absolute atomic E-state index is 13.7. The summed E-state index contributed by atoms with van der Waals surface area (Å²) < 4.78 is 20.7. The molecule has 0 bridgehead atoms. The highest BCUT2D eigenvalue weighted by atomic mass is 19.1. The lowest BCUT2D eigenvalue weighted by molar-refractivity contribution is 0.119. The minimum atomic E-state index is -0.975. The number of aromatic hydroxyl groups is 1. The molecular formula is C19H18FN3O3. The van der Waals surface area contributed by atoms with E-state index in [1.807, 2.05) is 0 Å². The van der Waals surface area contributed by atoms with Crippen LogP contribution in [0.1, 0.15) is 19.3 Å². The van der Waals surface area contributed by atoms with E-state index in [0.29, 0.717) is 34.9 Å². The summed E-state index contributed by atoms with van der Waals surface area (Å²) in [5, 5.41) is 19.5. The van der Waals surface area contributed by atoms with E-state index < -0.39 is 12.3 Å². The van der Waals surface area contributed by atoms with E-state index in [9.17, 15) is 14.3 Å². The molecule has 0 saturated heterocycles. The molecule has 1 aliphatic rings. The van der Waals surface area contributed by atoms with E-state index in [2.05, 4.69) is 10.2 Å². The van der Waals surface area contributed by atoms with E-state index in [0.717, 1.165) is 6.42 Å². The minimum Gasteiger partial charge on any atom is -0.507 e. The van der Waals surface area contributed by atoms with Gasteiger partial charge in [-0.05, 0) is 48.9 Å². The second-order valence-corrected chi connectivity index (χ2v) is 6.55. The van der Waals surface area contributed by atoms with Crippen LogP contribution < -0.4 is 10.3 Å². The Balaban J connectivity index is 1.67. The number of phenols is 1. The number of nitrogens with zero attached hydrogens (tertiary/aromatic N) is 3. The molecule has 7 heteroatoms. The Kier molecular flexibility index (Phi) is 4.06. The van der Waals surface area contributed by atoms with E-state index in [4.69, 9.17) is 4.74 Å². The third-order valence-corrected chi connectivity index (χ3v) is 4.76. The summed E-state index contributed by atoms with van der Waals surface area (Å²) in [6, 6.07) is 8.13. The van der Waals surface area contributed by atoms with Gasteiger partial charge in [-0.3, -0.25) is 4.79 Å². The molecule has 1 fully saturated rings. The molecule has 2 atom stereocenters. The summed E-state index contributed by atoms with van der Waals surface area (Å²) in [5.41, 5.74) is 0.654. The summed E-state index contributed by atoms with van der Waals surface area (Å²) in [5.74, 6) is 0.257. The fourth-order valence-corrected chi connectivity index (χ4v) is 3.28. The minimum absolute atomic E-state index is 0.00772. The van der Waals surface area contributed by atoms with Crippen LogP contribution in [-0.4, -0.2) is 32.1 Å². The average Bonchev–Trinajstić information content (AvgIpc) is 3.04. The molecule has 2 heterocycles. The fraction of sp³-hybridized carbons (Fsp3) is 0.316. The molecule has 1 saturated carbocycles. The van der Waals surface area contributed by atoms with Gasteiger partial charge in [0, 0.05) is 30.3 Å². The monoisotopic (exact) mass is 355 g/mol. The molecule has 0 spiro atoms. The van der Waals surface area contributed by atoms with Gasteiger partial charge in [-0.15, -0.1) is 10.2 Å². The fourth-order valence-electron chi connectivity index (χ4n) is 3.28. The summed E-state index contributed by atoms with van der Waals surface area (Å²) in [7, 11) is 1.67. The first-order valence-electron chi connectivity index (χ1n) is 8.50. The number of hydrogen-bond acceptors (Lipinski definition) is 5. The molecule has 4 rings (SSSR count). The second-order valence-electron chi connectivity index (χ2n) is 6.55. The van der Waals surface area contributed by atoms with Gasteiger partial charge in [-0.25, -0.2) is 4.39 Å². The van der Waals surface area contributed by atoms with E-state index in [1.165, 1.54) is 10.6 Å². The summed E-state index contributed by atoms with van der Waals surface area (Å²) in [6.07, 6.45) is 2.17. The van der Waals surface area contributed by atoms with E-state index >= 15 is 0 Å². The highest BCUT2D eigenvalue weighted by molar-refractivity contribution is 5.89. The van der Waals surface area contributed by atoms with Gasteiger partial charge >= 0.3 is 0 Å². The number of fused-ring (bicyclic) bond motifs is 1. The van der Waals surface area contributed by atoms with E-state index in [-0.39, 0.29) is 17.2 Å². The SMILES string of the molecule is Cn1ccc2cc(O)c(-c3ccc(O[C@H]4CCCC4F)nn3)cc2c1=O. The smallest absolute Gasteiger partial charge is 0.258 e. The topological polar surface area (TPSA) is 77.2 Å². The van der Waals surface area contributed by atoms with Crippen molar-refractivity contribution < 1.29 is 14.2 Å². The number of ether oxygens (including phenoxy) is 1. The first kappa shape index (κ1) is 16.5. The number of alkyl halides is 1. The Morgan fingerprint density at radius 1 is 1.23 bits per heavy atom. The van der Waals surface area contributed by atoms with Crippen LogP contribution >= 0.6 is 0 Å². The Hall–Kier alpha value is -2.96. The van der Waals surface area contributed by atoms with Crippen LogP contribution in [0.3, 0.4) is 0 Å². The highest BCUT2D eigenvalue weighted by Crippen LogP contribution is 2.32. The van der Waals surface area contributed by atoms with Gasteiger partial charge in [0.15, 0.2) is 0 Å². The second kappa shape index (κ2) is 6.40. The van der Waals surface area contributed by atoms with Crippen molar-refractivity contribution in [1.29, 1.82) is 0 Å². The molecule has 1 N–H and O–H groups in total. The molecular weight excluding hydrogens is 337 g/mol. The summed E-state index contributed by atoms with van der Waals surface area (Å²) in [6.45, 7) is 0. The van der Waals surface area contributed by atoms with Crippen LogP contribution in [-0.2, 0) is 7.05 Å². The Labute approximate surface area is 148 Å². The average molecular weight is 355 g/mol. The van der Waals surface area contributed by atoms with Crippen molar-refractivity contribution in [1.82, 2.24) is 14.8 Å². The lowest BCUT2D eigenvalue weighted by atomic mass is 10.0.